The number of amides is 1. The molecule has 0 saturated heterocycles. The number of carbonyl (C=O) groups is 1. The summed E-state index contributed by atoms with van der Waals surface area (Å²) < 4.78 is 1.23. The fourth-order valence-corrected chi connectivity index (χ4v) is 2.72. The zero-order chi connectivity index (χ0) is 15.8. The SMILES string of the molecule is O=C(Nc1cccc2ccccc12)n1nnc2cc(Cl)ccc21. The number of anilines is 1. The van der Waals surface area contributed by atoms with Gasteiger partial charge >= 0.3 is 6.03 Å². The van der Waals surface area contributed by atoms with Crippen LogP contribution in [0.4, 0.5) is 10.5 Å². The Morgan fingerprint density at radius 1 is 1.04 bits per heavy atom. The molecule has 0 unspecified atom stereocenters. The molecule has 3 aromatic carbocycles. The number of halogens is 1. The van der Waals surface area contributed by atoms with Crippen molar-refractivity contribution in [2.45, 2.75) is 0 Å². The van der Waals surface area contributed by atoms with Gasteiger partial charge in [0.25, 0.3) is 0 Å². The van der Waals surface area contributed by atoms with Crippen LogP contribution in [0.2, 0.25) is 5.02 Å². The third-order valence-corrected chi connectivity index (χ3v) is 3.87. The monoisotopic (exact) mass is 322 g/mol. The summed E-state index contributed by atoms with van der Waals surface area (Å²) in [5.41, 5.74) is 1.91. The number of rotatable bonds is 1. The summed E-state index contributed by atoms with van der Waals surface area (Å²) in [5.74, 6) is 0. The molecule has 1 heterocycles. The number of carbonyl (C=O) groups excluding carboxylic acids is 1. The number of hydrogen-bond donors (Lipinski definition) is 1. The number of benzene rings is 3. The van der Waals surface area contributed by atoms with Crippen molar-refractivity contribution < 1.29 is 4.79 Å². The number of hydrogen-bond acceptors (Lipinski definition) is 3. The summed E-state index contributed by atoms with van der Waals surface area (Å²) in [7, 11) is 0. The van der Waals surface area contributed by atoms with Crippen LogP contribution in [0.25, 0.3) is 21.8 Å². The van der Waals surface area contributed by atoms with Crippen LogP contribution in [-0.2, 0) is 0 Å². The molecule has 0 spiro atoms. The normalized spacial score (nSPS) is 11.0. The molecule has 4 rings (SSSR count). The second-order valence-electron chi connectivity index (χ2n) is 5.09. The highest BCUT2D eigenvalue weighted by molar-refractivity contribution is 6.31. The minimum absolute atomic E-state index is 0.369. The second-order valence-corrected chi connectivity index (χ2v) is 5.53. The van der Waals surface area contributed by atoms with Crippen molar-refractivity contribution in [1.29, 1.82) is 0 Å². The van der Waals surface area contributed by atoms with Gasteiger partial charge in [0.2, 0.25) is 0 Å². The molecule has 6 heteroatoms. The molecule has 0 atom stereocenters. The molecule has 5 nitrogen and oxygen atoms in total. The topological polar surface area (TPSA) is 59.8 Å². The van der Waals surface area contributed by atoms with E-state index in [1.807, 2.05) is 42.5 Å². The van der Waals surface area contributed by atoms with Gasteiger partial charge in [-0.1, -0.05) is 53.2 Å². The molecule has 0 fully saturated rings. The van der Waals surface area contributed by atoms with Crippen LogP contribution < -0.4 is 5.32 Å². The fraction of sp³-hybridized carbons (Fsp3) is 0. The van der Waals surface area contributed by atoms with Crippen molar-refractivity contribution in [3.63, 3.8) is 0 Å². The van der Waals surface area contributed by atoms with Gasteiger partial charge in [0.1, 0.15) is 5.52 Å². The molecular weight excluding hydrogens is 312 g/mol. The van der Waals surface area contributed by atoms with Crippen LogP contribution in [0.1, 0.15) is 0 Å². The van der Waals surface area contributed by atoms with E-state index in [1.54, 1.807) is 18.2 Å². The van der Waals surface area contributed by atoms with Crippen molar-refractivity contribution in [3.05, 3.63) is 65.7 Å². The average Bonchev–Trinajstić information content (AvgIpc) is 2.98. The van der Waals surface area contributed by atoms with E-state index < -0.39 is 0 Å². The minimum atomic E-state index is -0.369. The van der Waals surface area contributed by atoms with Gasteiger partial charge in [-0.15, -0.1) is 5.10 Å². The van der Waals surface area contributed by atoms with Gasteiger partial charge in [-0.05, 0) is 29.7 Å². The number of nitrogens with zero attached hydrogens (tertiary/aromatic N) is 3. The van der Waals surface area contributed by atoms with E-state index >= 15 is 0 Å². The van der Waals surface area contributed by atoms with E-state index in [0.29, 0.717) is 16.1 Å². The third-order valence-electron chi connectivity index (χ3n) is 3.63. The number of aromatic nitrogens is 3. The highest BCUT2D eigenvalue weighted by Crippen LogP contribution is 2.23. The first kappa shape index (κ1) is 13.7. The third kappa shape index (κ3) is 2.41. The van der Waals surface area contributed by atoms with Crippen molar-refractivity contribution in [1.82, 2.24) is 15.0 Å². The van der Waals surface area contributed by atoms with Crippen LogP contribution >= 0.6 is 11.6 Å². The maximum atomic E-state index is 12.5. The van der Waals surface area contributed by atoms with Gasteiger partial charge in [-0.25, -0.2) is 4.79 Å². The fourth-order valence-electron chi connectivity index (χ4n) is 2.55. The Hall–Kier alpha value is -2.92. The van der Waals surface area contributed by atoms with Crippen LogP contribution in [-0.4, -0.2) is 21.0 Å². The first-order valence-electron chi connectivity index (χ1n) is 7.02. The lowest BCUT2D eigenvalue weighted by Crippen LogP contribution is -2.20. The Bertz CT molecular complexity index is 1040. The van der Waals surface area contributed by atoms with E-state index in [-0.39, 0.29) is 6.03 Å². The zero-order valence-electron chi connectivity index (χ0n) is 11.9. The molecule has 0 aliphatic rings. The minimum Gasteiger partial charge on any atom is -0.305 e. The lowest BCUT2D eigenvalue weighted by Gasteiger charge is -2.08. The summed E-state index contributed by atoms with van der Waals surface area (Å²) in [5, 5.41) is 13.3. The molecule has 0 saturated carbocycles. The zero-order valence-corrected chi connectivity index (χ0v) is 12.7. The highest BCUT2D eigenvalue weighted by Gasteiger charge is 2.13. The van der Waals surface area contributed by atoms with Crippen molar-refractivity contribution in [3.8, 4) is 0 Å². The van der Waals surface area contributed by atoms with Crippen molar-refractivity contribution in [2.75, 3.05) is 5.32 Å². The van der Waals surface area contributed by atoms with Gasteiger partial charge in [-0.2, -0.15) is 4.68 Å². The molecule has 23 heavy (non-hydrogen) atoms. The van der Waals surface area contributed by atoms with E-state index in [0.717, 1.165) is 16.5 Å². The van der Waals surface area contributed by atoms with Gasteiger partial charge in [0.05, 0.1) is 11.2 Å². The standard InChI is InChI=1S/C17H11ClN4O/c18-12-8-9-16-15(10-12)20-21-22(16)17(23)19-14-7-3-5-11-4-1-2-6-13(11)14/h1-10H,(H,19,23). The molecule has 1 amide bonds. The Labute approximate surface area is 136 Å². The van der Waals surface area contributed by atoms with Gasteiger partial charge in [0.15, 0.2) is 0 Å². The van der Waals surface area contributed by atoms with Gasteiger partial charge in [-0.3, -0.25) is 0 Å². The predicted molar refractivity (Wildman–Crippen MR) is 90.9 cm³/mol. The summed E-state index contributed by atoms with van der Waals surface area (Å²) in [6.45, 7) is 0. The summed E-state index contributed by atoms with van der Waals surface area (Å²) >= 11 is 5.93. The lowest BCUT2D eigenvalue weighted by atomic mass is 10.1. The molecule has 112 valence electrons. The Balaban J connectivity index is 1.74. The molecule has 0 aliphatic heterocycles. The molecule has 4 aromatic rings. The average molecular weight is 323 g/mol. The number of nitrogens with one attached hydrogen (secondary N) is 1. The molecule has 0 bridgehead atoms. The predicted octanol–water partition coefficient (Wildman–Crippen LogP) is 4.32. The Kier molecular flexibility index (Phi) is 3.20. The van der Waals surface area contributed by atoms with Gasteiger partial charge < -0.3 is 5.32 Å². The molecule has 1 aromatic heterocycles. The van der Waals surface area contributed by atoms with E-state index in [4.69, 9.17) is 11.6 Å². The smallest absolute Gasteiger partial charge is 0.305 e. The number of fused-ring (bicyclic) bond motifs is 2. The molecule has 0 radical (unpaired) electrons. The quantitative estimate of drug-likeness (QED) is 0.568. The van der Waals surface area contributed by atoms with E-state index in [2.05, 4.69) is 15.6 Å². The van der Waals surface area contributed by atoms with Crippen LogP contribution in [0.3, 0.4) is 0 Å². The van der Waals surface area contributed by atoms with Crippen LogP contribution in [0.15, 0.2) is 60.7 Å². The summed E-state index contributed by atoms with van der Waals surface area (Å²) in [6.07, 6.45) is 0. The maximum Gasteiger partial charge on any atom is 0.348 e. The Morgan fingerprint density at radius 3 is 2.78 bits per heavy atom. The van der Waals surface area contributed by atoms with Crippen molar-refractivity contribution in [2.24, 2.45) is 0 Å². The van der Waals surface area contributed by atoms with Crippen LogP contribution in [0, 0.1) is 0 Å². The lowest BCUT2D eigenvalue weighted by molar-refractivity contribution is 0.251. The molecule has 0 aliphatic carbocycles. The van der Waals surface area contributed by atoms with E-state index in [1.165, 1.54) is 4.68 Å². The van der Waals surface area contributed by atoms with Crippen LogP contribution in [0.5, 0.6) is 0 Å². The van der Waals surface area contributed by atoms with E-state index in [9.17, 15) is 4.79 Å². The maximum absolute atomic E-state index is 12.5. The highest BCUT2D eigenvalue weighted by atomic mass is 35.5. The molecular formula is C17H11ClN4O. The second kappa shape index (κ2) is 5.37. The molecule has 1 N–H and O–H groups in total. The van der Waals surface area contributed by atoms with Crippen molar-refractivity contribution >= 4 is 45.1 Å². The van der Waals surface area contributed by atoms with Gasteiger partial charge in [0, 0.05) is 10.4 Å². The first-order valence-corrected chi connectivity index (χ1v) is 7.40. The summed E-state index contributed by atoms with van der Waals surface area (Å²) in [4.78, 5) is 12.5. The first-order chi connectivity index (χ1) is 11.2. The largest absolute Gasteiger partial charge is 0.348 e. The Morgan fingerprint density at radius 2 is 1.87 bits per heavy atom. The summed E-state index contributed by atoms with van der Waals surface area (Å²) in [6, 6.07) is 18.3.